The minimum atomic E-state index is -4.19. The molecule has 0 amide bonds. The highest BCUT2D eigenvalue weighted by Gasteiger charge is 2.57. The van der Waals surface area contributed by atoms with Crippen LogP contribution in [0.1, 0.15) is 58.3 Å². The van der Waals surface area contributed by atoms with Crippen LogP contribution in [0.15, 0.2) is 11.6 Å². The number of carbonyl (C=O) groups is 1. The topological polar surface area (TPSA) is 91.7 Å². The molecule has 0 saturated heterocycles. The summed E-state index contributed by atoms with van der Waals surface area (Å²) in [7, 11) is -3.86. The van der Waals surface area contributed by atoms with Crippen LogP contribution in [0, 0.1) is 46.3 Å². The van der Waals surface area contributed by atoms with Gasteiger partial charge in [-0.3, -0.25) is 9.35 Å². The van der Waals surface area contributed by atoms with E-state index in [1.54, 1.807) is 0 Å². The van der Waals surface area contributed by atoms with Gasteiger partial charge in [-0.1, -0.05) is 24.5 Å². The van der Waals surface area contributed by atoms with E-state index in [4.69, 9.17) is 16.2 Å². The van der Waals surface area contributed by atoms with E-state index in [0.29, 0.717) is 47.3 Å². The summed E-state index contributed by atoms with van der Waals surface area (Å²) >= 11 is 5.56. The van der Waals surface area contributed by atoms with Crippen LogP contribution < -0.4 is 0 Å². The van der Waals surface area contributed by atoms with Crippen LogP contribution >= 0.6 is 22.4 Å². The van der Waals surface area contributed by atoms with E-state index in [2.05, 4.69) is 24.3 Å². The molecule has 4 aliphatic rings. The standard InChI is InChI=1S/C22H29ClO5S2/c1-21-8-6-16-15-7-9-22(25,10-11-23)12-14(15)2-3-17(16)18(21)4-5-19(21)20(24)13-29-30(26,27)28/h2,15-19,25H,3-9,12-13H2,1H3,(H,26,27,28)/t15-,16+,17+,18-,19+,21-,22-/m0/s1. The molecule has 0 aromatic rings. The third-order valence-electron chi connectivity index (χ3n) is 8.52. The van der Waals surface area contributed by atoms with Gasteiger partial charge in [0.1, 0.15) is 11.4 Å². The van der Waals surface area contributed by atoms with E-state index >= 15 is 0 Å². The van der Waals surface area contributed by atoms with Crippen LogP contribution in [-0.4, -0.2) is 35.2 Å². The van der Waals surface area contributed by atoms with E-state index in [1.807, 2.05) is 0 Å². The van der Waals surface area contributed by atoms with Crippen molar-refractivity contribution in [3.63, 3.8) is 0 Å². The summed E-state index contributed by atoms with van der Waals surface area (Å²) in [6.07, 6.45) is 9.28. The maximum atomic E-state index is 12.8. The van der Waals surface area contributed by atoms with Crippen molar-refractivity contribution in [3.05, 3.63) is 11.6 Å². The first-order chi connectivity index (χ1) is 14.1. The number of halogens is 1. The lowest BCUT2D eigenvalue weighted by molar-refractivity contribution is -0.126. The smallest absolute Gasteiger partial charge is 0.320 e. The number of fused-ring (bicyclic) bond motifs is 5. The Morgan fingerprint density at radius 1 is 1.27 bits per heavy atom. The van der Waals surface area contributed by atoms with Crippen LogP contribution in [0.5, 0.6) is 0 Å². The second-order valence-corrected chi connectivity index (χ2v) is 13.4. The number of hydrogen-bond donors (Lipinski definition) is 2. The summed E-state index contributed by atoms with van der Waals surface area (Å²) in [6, 6.07) is 0. The van der Waals surface area contributed by atoms with Gasteiger partial charge in [0.15, 0.2) is 0 Å². The first-order valence-electron chi connectivity index (χ1n) is 10.7. The molecule has 0 spiro atoms. The van der Waals surface area contributed by atoms with Gasteiger partial charge in [0, 0.05) is 28.5 Å². The van der Waals surface area contributed by atoms with Crippen LogP contribution in [-0.2, 0) is 13.9 Å². The fourth-order valence-corrected chi connectivity index (χ4v) is 8.69. The molecule has 166 valence electrons. The Morgan fingerprint density at radius 2 is 2.03 bits per heavy atom. The predicted molar refractivity (Wildman–Crippen MR) is 118 cm³/mol. The fourth-order valence-electron chi connectivity index (χ4n) is 7.25. The second-order valence-electron chi connectivity index (χ2n) is 9.85. The Kier molecular flexibility index (Phi) is 6.13. The molecule has 7 atom stereocenters. The zero-order chi connectivity index (χ0) is 21.7. The van der Waals surface area contributed by atoms with Crippen molar-refractivity contribution in [3.8, 4) is 11.3 Å². The van der Waals surface area contributed by atoms with Crippen LogP contribution in [0.4, 0.5) is 0 Å². The molecule has 4 rings (SSSR count). The monoisotopic (exact) mass is 472 g/mol. The Morgan fingerprint density at radius 3 is 2.73 bits per heavy atom. The number of carbonyl (C=O) groups excluding carboxylic acids is 1. The number of allylic oxidation sites excluding steroid dienone is 1. The van der Waals surface area contributed by atoms with Gasteiger partial charge in [0.25, 0.3) is 0 Å². The van der Waals surface area contributed by atoms with Gasteiger partial charge in [-0.15, -0.1) is 0 Å². The Bertz CT molecular complexity index is 920. The van der Waals surface area contributed by atoms with Gasteiger partial charge in [0.2, 0.25) is 0 Å². The Labute approximate surface area is 187 Å². The van der Waals surface area contributed by atoms with E-state index in [1.165, 1.54) is 5.57 Å². The van der Waals surface area contributed by atoms with Crippen molar-refractivity contribution in [2.45, 2.75) is 63.9 Å². The highest BCUT2D eigenvalue weighted by Crippen LogP contribution is 2.63. The van der Waals surface area contributed by atoms with Crippen molar-refractivity contribution in [1.29, 1.82) is 0 Å². The third-order valence-corrected chi connectivity index (χ3v) is 10.6. The van der Waals surface area contributed by atoms with E-state index in [0.717, 1.165) is 38.5 Å². The molecule has 5 nitrogen and oxygen atoms in total. The van der Waals surface area contributed by atoms with Crippen LogP contribution in [0.2, 0.25) is 0 Å². The van der Waals surface area contributed by atoms with Gasteiger partial charge < -0.3 is 5.11 Å². The molecule has 0 aliphatic heterocycles. The molecule has 4 aliphatic carbocycles. The lowest BCUT2D eigenvalue weighted by atomic mass is 9.51. The molecule has 30 heavy (non-hydrogen) atoms. The summed E-state index contributed by atoms with van der Waals surface area (Å²) in [5, 5.41) is 13.1. The van der Waals surface area contributed by atoms with Crippen molar-refractivity contribution in [1.82, 2.24) is 0 Å². The molecule has 8 heteroatoms. The molecular weight excluding hydrogens is 444 g/mol. The average molecular weight is 473 g/mol. The zero-order valence-electron chi connectivity index (χ0n) is 17.1. The quantitative estimate of drug-likeness (QED) is 0.275. The fraction of sp³-hybridized carbons (Fsp3) is 0.773. The Hall–Kier alpha value is -0.520. The molecule has 2 N–H and O–H groups in total. The first-order valence-corrected chi connectivity index (χ1v) is 14.1. The normalized spacial score (nSPS) is 42.8. The minimum Gasteiger partial charge on any atom is -0.377 e. The van der Waals surface area contributed by atoms with Gasteiger partial charge in [-0.2, -0.15) is 8.42 Å². The molecular formula is C22H29ClO5S2. The van der Waals surface area contributed by atoms with Gasteiger partial charge in [0.05, 0.1) is 5.75 Å². The summed E-state index contributed by atoms with van der Waals surface area (Å²) in [5.41, 5.74) is 0.224. The molecule has 0 bridgehead atoms. The van der Waals surface area contributed by atoms with E-state index in [-0.39, 0.29) is 22.9 Å². The summed E-state index contributed by atoms with van der Waals surface area (Å²) in [5.74, 6) is 4.49. The van der Waals surface area contributed by atoms with Crippen LogP contribution in [0.3, 0.4) is 0 Å². The lowest BCUT2D eigenvalue weighted by Gasteiger charge is -2.54. The molecule has 0 aromatic carbocycles. The summed E-state index contributed by atoms with van der Waals surface area (Å²) < 4.78 is 31.1. The highest BCUT2D eigenvalue weighted by molar-refractivity contribution is 8.70. The summed E-state index contributed by atoms with van der Waals surface area (Å²) in [4.78, 5) is 12.8. The zero-order valence-corrected chi connectivity index (χ0v) is 19.5. The van der Waals surface area contributed by atoms with Gasteiger partial charge >= 0.3 is 9.15 Å². The lowest BCUT2D eigenvalue weighted by Crippen LogP contribution is -2.48. The van der Waals surface area contributed by atoms with Crippen molar-refractivity contribution >= 4 is 37.3 Å². The van der Waals surface area contributed by atoms with Crippen LogP contribution in [0.25, 0.3) is 0 Å². The number of rotatable bonds is 4. The molecule has 3 fully saturated rings. The number of aliphatic hydroxyl groups is 1. The largest absolute Gasteiger partial charge is 0.377 e. The number of ketones is 1. The summed E-state index contributed by atoms with van der Waals surface area (Å²) in [6.45, 7) is 2.22. The SMILES string of the molecule is C[C@]12CC[C@H]3[C@@H](CC=C4C[C@@](O)(C#CCl)CC[C@@H]43)[C@@H]1CC[C@@H]2C(=O)CSS(=O)(=O)O. The second kappa shape index (κ2) is 8.12. The first kappa shape index (κ1) is 22.7. The molecule has 0 unspecified atom stereocenters. The maximum Gasteiger partial charge on any atom is 0.320 e. The van der Waals surface area contributed by atoms with Gasteiger partial charge in [-0.05, 0) is 85.6 Å². The van der Waals surface area contributed by atoms with Crippen molar-refractivity contribution in [2.24, 2.45) is 35.0 Å². The van der Waals surface area contributed by atoms with E-state index < -0.39 is 14.8 Å². The molecule has 0 aromatic heterocycles. The Balaban J connectivity index is 1.50. The van der Waals surface area contributed by atoms with E-state index in [9.17, 15) is 18.3 Å². The minimum absolute atomic E-state index is 0.0458. The van der Waals surface area contributed by atoms with Crippen molar-refractivity contribution < 1.29 is 22.9 Å². The average Bonchev–Trinajstić information content (AvgIpc) is 3.02. The number of hydrogen-bond acceptors (Lipinski definition) is 5. The molecule has 0 radical (unpaired) electrons. The third kappa shape index (κ3) is 4.11. The predicted octanol–water partition coefficient (Wildman–Crippen LogP) is 4.21. The highest BCUT2D eigenvalue weighted by atomic mass is 35.5. The van der Waals surface area contributed by atoms with Crippen molar-refractivity contribution in [2.75, 3.05) is 5.75 Å². The molecule has 3 saturated carbocycles. The molecule has 0 heterocycles. The maximum absolute atomic E-state index is 12.8. The van der Waals surface area contributed by atoms with Gasteiger partial charge in [-0.25, -0.2) is 0 Å². The number of Topliss-reactive ketones (excluding diaryl/α,β-unsaturated/α-hetero) is 1.